The first-order chi connectivity index (χ1) is 3.84. The second-order valence-electron chi connectivity index (χ2n) is 1.51. The molecule has 1 aliphatic rings. The molecule has 0 saturated carbocycles. The summed E-state index contributed by atoms with van der Waals surface area (Å²) in [7, 11) is 0. The fourth-order valence-electron chi connectivity index (χ4n) is 0.509. The third kappa shape index (κ3) is 0.721. The van der Waals surface area contributed by atoms with Crippen molar-refractivity contribution >= 4 is 5.78 Å². The molecule has 0 saturated heterocycles. The molecule has 0 bridgehead atoms. The van der Waals surface area contributed by atoms with Gasteiger partial charge in [0.2, 0.25) is 5.78 Å². The summed E-state index contributed by atoms with van der Waals surface area (Å²) in [4.78, 5) is 10.4. The Hall–Kier alpha value is -0.830. The SMILES string of the molecule is O=C1C=CO[C@@H]1CO. The second-order valence-corrected chi connectivity index (χ2v) is 1.51. The Labute approximate surface area is 46.6 Å². The van der Waals surface area contributed by atoms with Gasteiger partial charge in [0, 0.05) is 6.08 Å². The minimum absolute atomic E-state index is 0.160. The summed E-state index contributed by atoms with van der Waals surface area (Å²) < 4.78 is 4.63. The Morgan fingerprint density at radius 3 is 2.88 bits per heavy atom. The molecule has 0 radical (unpaired) electrons. The van der Waals surface area contributed by atoms with Crippen LogP contribution in [0.4, 0.5) is 0 Å². The molecule has 1 aliphatic heterocycles. The fraction of sp³-hybridized carbons (Fsp3) is 0.400. The molecule has 44 valence electrons. The van der Waals surface area contributed by atoms with E-state index in [1.54, 1.807) is 0 Å². The number of carbonyl (C=O) groups excluding carboxylic acids is 1. The monoisotopic (exact) mass is 114 g/mol. The van der Waals surface area contributed by atoms with E-state index in [0.29, 0.717) is 0 Å². The van der Waals surface area contributed by atoms with Gasteiger partial charge in [-0.2, -0.15) is 0 Å². The molecule has 0 spiro atoms. The second kappa shape index (κ2) is 1.96. The first-order valence-electron chi connectivity index (χ1n) is 2.31. The van der Waals surface area contributed by atoms with E-state index >= 15 is 0 Å². The maximum absolute atomic E-state index is 10.4. The Morgan fingerprint density at radius 1 is 1.88 bits per heavy atom. The zero-order chi connectivity index (χ0) is 5.98. The van der Waals surface area contributed by atoms with Gasteiger partial charge in [-0.25, -0.2) is 0 Å². The number of carbonyl (C=O) groups is 1. The molecular formula is C5H6O3. The van der Waals surface area contributed by atoms with Gasteiger partial charge in [0.05, 0.1) is 12.9 Å². The smallest absolute Gasteiger partial charge is 0.201 e. The number of hydrogen-bond donors (Lipinski definition) is 1. The van der Waals surface area contributed by atoms with Crippen LogP contribution in [0.1, 0.15) is 0 Å². The van der Waals surface area contributed by atoms with Gasteiger partial charge in [-0.3, -0.25) is 4.79 Å². The number of aliphatic hydroxyl groups excluding tert-OH is 1. The van der Waals surface area contributed by atoms with E-state index in [4.69, 9.17) is 5.11 Å². The molecular weight excluding hydrogens is 108 g/mol. The summed E-state index contributed by atoms with van der Waals surface area (Å²) in [6, 6.07) is 0. The summed E-state index contributed by atoms with van der Waals surface area (Å²) in [6.07, 6.45) is 1.97. The number of aliphatic hydroxyl groups is 1. The van der Waals surface area contributed by atoms with Crippen LogP contribution in [0, 0.1) is 0 Å². The third-order valence-electron chi connectivity index (χ3n) is 0.958. The molecule has 0 aromatic rings. The first kappa shape index (κ1) is 5.31. The van der Waals surface area contributed by atoms with Crippen molar-refractivity contribution < 1.29 is 14.6 Å². The van der Waals surface area contributed by atoms with Gasteiger partial charge in [-0.1, -0.05) is 0 Å². The lowest BCUT2D eigenvalue weighted by molar-refractivity contribution is -0.121. The molecule has 0 amide bonds. The molecule has 0 fully saturated rings. The van der Waals surface area contributed by atoms with Gasteiger partial charge in [-0.05, 0) is 0 Å². The number of ketones is 1. The Bertz CT molecular complexity index is 128. The topological polar surface area (TPSA) is 46.5 Å². The third-order valence-corrected chi connectivity index (χ3v) is 0.958. The normalized spacial score (nSPS) is 26.1. The van der Waals surface area contributed by atoms with Crippen molar-refractivity contribution in [3.05, 3.63) is 12.3 Å². The first-order valence-corrected chi connectivity index (χ1v) is 2.31. The van der Waals surface area contributed by atoms with Crippen LogP contribution in [0.15, 0.2) is 12.3 Å². The average molecular weight is 114 g/mol. The zero-order valence-electron chi connectivity index (χ0n) is 4.20. The zero-order valence-corrected chi connectivity index (χ0v) is 4.20. The van der Waals surface area contributed by atoms with Gasteiger partial charge in [0.1, 0.15) is 0 Å². The quantitative estimate of drug-likeness (QED) is 0.498. The highest BCUT2D eigenvalue weighted by atomic mass is 16.5. The van der Waals surface area contributed by atoms with Gasteiger partial charge >= 0.3 is 0 Å². The Morgan fingerprint density at radius 2 is 2.62 bits per heavy atom. The summed E-state index contributed by atoms with van der Waals surface area (Å²) in [5.74, 6) is -0.160. The standard InChI is InChI=1S/C5H6O3/c6-3-5-4(7)1-2-8-5/h1-2,5-6H,3H2/t5-/m1/s1. The molecule has 0 unspecified atom stereocenters. The van der Waals surface area contributed by atoms with Crippen molar-refractivity contribution in [2.75, 3.05) is 6.61 Å². The van der Waals surface area contributed by atoms with Crippen LogP contribution in [0.25, 0.3) is 0 Å². The van der Waals surface area contributed by atoms with E-state index in [1.165, 1.54) is 12.3 Å². The highest BCUT2D eigenvalue weighted by molar-refractivity contribution is 5.95. The molecule has 0 aliphatic carbocycles. The van der Waals surface area contributed by atoms with Crippen LogP contribution in [0.2, 0.25) is 0 Å². The van der Waals surface area contributed by atoms with Gasteiger partial charge in [-0.15, -0.1) is 0 Å². The average Bonchev–Trinajstić information content (AvgIpc) is 2.14. The lowest BCUT2D eigenvalue weighted by Crippen LogP contribution is -2.19. The summed E-state index contributed by atoms with van der Waals surface area (Å²) in [5, 5.41) is 8.35. The van der Waals surface area contributed by atoms with Crippen molar-refractivity contribution in [1.82, 2.24) is 0 Å². The predicted octanol–water partition coefficient (Wildman–Crippen LogP) is -0.540. The van der Waals surface area contributed by atoms with Gasteiger partial charge in [0.25, 0.3) is 0 Å². The highest BCUT2D eigenvalue weighted by Crippen LogP contribution is 2.02. The molecule has 1 N–H and O–H groups in total. The number of hydrogen-bond acceptors (Lipinski definition) is 3. The minimum Gasteiger partial charge on any atom is -0.487 e. The van der Waals surface area contributed by atoms with E-state index in [-0.39, 0.29) is 12.4 Å². The van der Waals surface area contributed by atoms with Crippen LogP contribution in [-0.4, -0.2) is 23.6 Å². The predicted molar refractivity (Wildman–Crippen MR) is 26.1 cm³/mol. The summed E-state index contributed by atoms with van der Waals surface area (Å²) in [6.45, 7) is -0.230. The van der Waals surface area contributed by atoms with Gasteiger partial charge < -0.3 is 9.84 Å². The van der Waals surface area contributed by atoms with Crippen molar-refractivity contribution in [1.29, 1.82) is 0 Å². The fourth-order valence-corrected chi connectivity index (χ4v) is 0.509. The molecule has 0 aromatic carbocycles. The molecule has 1 heterocycles. The van der Waals surface area contributed by atoms with Gasteiger partial charge in [0.15, 0.2) is 6.10 Å². The van der Waals surface area contributed by atoms with E-state index in [9.17, 15) is 4.79 Å². The highest BCUT2D eigenvalue weighted by Gasteiger charge is 2.18. The van der Waals surface area contributed by atoms with Crippen molar-refractivity contribution in [2.24, 2.45) is 0 Å². The van der Waals surface area contributed by atoms with Crippen LogP contribution in [-0.2, 0) is 9.53 Å². The van der Waals surface area contributed by atoms with Crippen LogP contribution in [0.3, 0.4) is 0 Å². The van der Waals surface area contributed by atoms with E-state index < -0.39 is 6.10 Å². The molecule has 1 rings (SSSR count). The summed E-state index contributed by atoms with van der Waals surface area (Å²) >= 11 is 0. The van der Waals surface area contributed by atoms with E-state index in [1.807, 2.05) is 0 Å². The van der Waals surface area contributed by atoms with Crippen LogP contribution >= 0.6 is 0 Å². The van der Waals surface area contributed by atoms with Crippen molar-refractivity contribution in [3.63, 3.8) is 0 Å². The maximum atomic E-state index is 10.4. The molecule has 1 atom stereocenters. The lowest BCUT2D eigenvalue weighted by Gasteiger charge is -2.01. The Balaban J connectivity index is 2.51. The molecule has 3 heteroatoms. The Kier molecular flexibility index (Phi) is 1.30. The van der Waals surface area contributed by atoms with Crippen molar-refractivity contribution in [2.45, 2.75) is 6.10 Å². The van der Waals surface area contributed by atoms with E-state index in [0.717, 1.165) is 0 Å². The lowest BCUT2D eigenvalue weighted by atomic mass is 10.3. The van der Waals surface area contributed by atoms with E-state index in [2.05, 4.69) is 4.74 Å². The minimum atomic E-state index is -0.630. The number of rotatable bonds is 1. The van der Waals surface area contributed by atoms with Crippen LogP contribution < -0.4 is 0 Å². The largest absolute Gasteiger partial charge is 0.487 e. The molecule has 3 nitrogen and oxygen atoms in total. The number of ether oxygens (including phenoxy) is 1. The molecule has 0 aromatic heterocycles. The molecule has 8 heavy (non-hydrogen) atoms. The summed E-state index contributed by atoms with van der Waals surface area (Å²) in [5.41, 5.74) is 0. The van der Waals surface area contributed by atoms with Crippen molar-refractivity contribution in [3.8, 4) is 0 Å². The maximum Gasteiger partial charge on any atom is 0.201 e. The van der Waals surface area contributed by atoms with Crippen LogP contribution in [0.5, 0.6) is 0 Å².